The van der Waals surface area contributed by atoms with Crippen LogP contribution in [0.2, 0.25) is 0 Å². The lowest BCUT2D eigenvalue weighted by Crippen LogP contribution is -2.44. The molecule has 3 aliphatic rings. The molecule has 0 saturated heterocycles. The Kier molecular flexibility index (Phi) is 2.39. The zero-order valence-corrected chi connectivity index (χ0v) is 11.1. The normalized spacial score (nSPS) is 45.4. The maximum Gasteiger partial charge on any atom is 0.334 e. The van der Waals surface area contributed by atoms with Crippen molar-refractivity contribution in [3.8, 4) is 0 Å². The van der Waals surface area contributed by atoms with Crippen molar-refractivity contribution in [2.75, 3.05) is 0 Å². The van der Waals surface area contributed by atoms with E-state index >= 15 is 0 Å². The van der Waals surface area contributed by atoms with Gasteiger partial charge in [-0.15, -0.1) is 0 Å². The first-order chi connectivity index (χ1) is 8.02. The summed E-state index contributed by atoms with van der Waals surface area (Å²) >= 11 is 0. The van der Waals surface area contributed by atoms with Crippen LogP contribution >= 0.6 is 0 Å². The first-order valence-electron chi connectivity index (χ1n) is 6.93. The van der Waals surface area contributed by atoms with Gasteiger partial charge >= 0.3 is 5.97 Å². The van der Waals surface area contributed by atoms with Crippen molar-refractivity contribution in [1.29, 1.82) is 0 Å². The second kappa shape index (κ2) is 3.60. The largest absolute Gasteiger partial charge is 0.454 e. The van der Waals surface area contributed by atoms with Gasteiger partial charge in [-0.1, -0.05) is 26.7 Å². The Balaban J connectivity index is 1.95. The average Bonchev–Trinajstić information content (AvgIpc) is 2.55. The molecule has 0 amide bonds. The number of carbonyl (C=O) groups excluding carboxylic acids is 1. The van der Waals surface area contributed by atoms with E-state index in [0.717, 1.165) is 30.3 Å². The van der Waals surface area contributed by atoms with Crippen molar-refractivity contribution >= 4 is 5.97 Å². The highest BCUT2D eigenvalue weighted by Gasteiger charge is 2.50. The lowest BCUT2D eigenvalue weighted by atomic mass is 9.54. The summed E-state index contributed by atoms with van der Waals surface area (Å²) in [6.07, 6.45) is 6.28. The Morgan fingerprint density at radius 1 is 1.35 bits per heavy atom. The van der Waals surface area contributed by atoms with Gasteiger partial charge in [0.2, 0.25) is 0 Å². The smallest absolute Gasteiger partial charge is 0.334 e. The van der Waals surface area contributed by atoms with Crippen LogP contribution in [-0.2, 0) is 9.53 Å². The predicted octanol–water partition coefficient (Wildman–Crippen LogP) is 3.46. The molecule has 1 aliphatic heterocycles. The van der Waals surface area contributed by atoms with Gasteiger partial charge in [0, 0.05) is 5.57 Å². The van der Waals surface area contributed by atoms with Gasteiger partial charge < -0.3 is 4.74 Å². The summed E-state index contributed by atoms with van der Waals surface area (Å²) in [7, 11) is 0. The van der Waals surface area contributed by atoms with Crippen LogP contribution in [0, 0.1) is 17.3 Å². The van der Waals surface area contributed by atoms with Crippen LogP contribution in [0.3, 0.4) is 0 Å². The number of esters is 1. The molecule has 17 heavy (non-hydrogen) atoms. The topological polar surface area (TPSA) is 26.3 Å². The molecule has 1 heterocycles. The molecule has 4 atom stereocenters. The molecule has 2 heteroatoms. The average molecular weight is 234 g/mol. The van der Waals surface area contributed by atoms with Crippen LogP contribution in [0.1, 0.15) is 52.9 Å². The second-order valence-corrected chi connectivity index (χ2v) is 6.49. The molecular weight excluding hydrogens is 212 g/mol. The van der Waals surface area contributed by atoms with Gasteiger partial charge in [0.25, 0.3) is 0 Å². The van der Waals surface area contributed by atoms with Gasteiger partial charge in [0.15, 0.2) is 0 Å². The SMILES string of the molecule is CC1=C2C[C@@]3(C)[C@H](CCC[C@H]3C)C[C@H]2OC1=O. The van der Waals surface area contributed by atoms with Crippen molar-refractivity contribution in [3.63, 3.8) is 0 Å². The van der Waals surface area contributed by atoms with Crippen molar-refractivity contribution in [1.82, 2.24) is 0 Å². The van der Waals surface area contributed by atoms with Gasteiger partial charge in [0.05, 0.1) is 0 Å². The van der Waals surface area contributed by atoms with Crippen molar-refractivity contribution < 1.29 is 9.53 Å². The van der Waals surface area contributed by atoms with E-state index in [-0.39, 0.29) is 12.1 Å². The maximum atomic E-state index is 11.7. The lowest BCUT2D eigenvalue weighted by Gasteiger charge is -2.51. The van der Waals surface area contributed by atoms with E-state index in [9.17, 15) is 4.79 Å². The molecule has 2 nitrogen and oxygen atoms in total. The van der Waals surface area contributed by atoms with Crippen molar-refractivity contribution in [2.24, 2.45) is 17.3 Å². The van der Waals surface area contributed by atoms with Crippen LogP contribution in [0.15, 0.2) is 11.1 Å². The number of hydrogen-bond donors (Lipinski definition) is 0. The van der Waals surface area contributed by atoms with E-state index < -0.39 is 0 Å². The summed E-state index contributed by atoms with van der Waals surface area (Å²) in [6, 6.07) is 0. The van der Waals surface area contributed by atoms with Crippen LogP contribution in [0.25, 0.3) is 0 Å². The standard InChI is InChI=1S/C15H22O2/c1-9-5-4-6-11-7-13-12(8-15(9,11)3)10(2)14(16)17-13/h9,11,13H,4-8H2,1-3H3/t9-,11-,13-,15-/m1/s1. The molecule has 0 aromatic rings. The minimum absolute atomic E-state index is 0.0695. The third-order valence-electron chi connectivity index (χ3n) is 5.74. The summed E-state index contributed by atoms with van der Waals surface area (Å²) in [5.74, 6) is 1.46. The van der Waals surface area contributed by atoms with E-state index in [1.165, 1.54) is 24.8 Å². The van der Waals surface area contributed by atoms with Crippen LogP contribution < -0.4 is 0 Å². The molecule has 2 aliphatic carbocycles. The van der Waals surface area contributed by atoms with Crippen molar-refractivity contribution in [3.05, 3.63) is 11.1 Å². The van der Waals surface area contributed by atoms with Gasteiger partial charge in [-0.25, -0.2) is 4.79 Å². The number of ether oxygens (including phenoxy) is 1. The summed E-state index contributed by atoms with van der Waals surface area (Å²) in [5, 5.41) is 0. The number of hydrogen-bond acceptors (Lipinski definition) is 2. The first-order valence-corrected chi connectivity index (χ1v) is 6.93. The van der Waals surface area contributed by atoms with Gasteiger partial charge in [0.1, 0.15) is 6.10 Å². The molecular formula is C15H22O2. The predicted molar refractivity (Wildman–Crippen MR) is 66.4 cm³/mol. The zero-order chi connectivity index (χ0) is 12.2. The van der Waals surface area contributed by atoms with E-state index in [1.807, 2.05) is 6.92 Å². The molecule has 2 fully saturated rings. The van der Waals surface area contributed by atoms with Crippen molar-refractivity contribution in [2.45, 2.75) is 59.0 Å². The van der Waals surface area contributed by atoms with Crippen LogP contribution in [0.4, 0.5) is 0 Å². The lowest BCUT2D eigenvalue weighted by molar-refractivity contribution is -0.142. The van der Waals surface area contributed by atoms with Crippen LogP contribution in [-0.4, -0.2) is 12.1 Å². The Morgan fingerprint density at radius 2 is 2.12 bits per heavy atom. The minimum Gasteiger partial charge on any atom is -0.454 e. The highest BCUT2D eigenvalue weighted by Crippen LogP contribution is 2.56. The van der Waals surface area contributed by atoms with Gasteiger partial charge in [-0.05, 0) is 49.0 Å². The number of fused-ring (bicyclic) bond motifs is 2. The van der Waals surface area contributed by atoms with Crippen LogP contribution in [0.5, 0.6) is 0 Å². The Bertz CT molecular complexity index is 396. The van der Waals surface area contributed by atoms with E-state index in [1.54, 1.807) is 0 Å². The summed E-state index contributed by atoms with van der Waals surface area (Å²) < 4.78 is 5.49. The molecule has 0 aromatic carbocycles. The minimum atomic E-state index is -0.0695. The molecule has 0 radical (unpaired) electrons. The molecule has 3 rings (SSSR count). The monoisotopic (exact) mass is 234 g/mol. The van der Waals surface area contributed by atoms with Gasteiger partial charge in [-0.3, -0.25) is 0 Å². The fraction of sp³-hybridized carbons (Fsp3) is 0.800. The number of carbonyl (C=O) groups is 1. The molecule has 0 spiro atoms. The molecule has 0 aromatic heterocycles. The first kappa shape index (κ1) is 11.3. The number of rotatable bonds is 0. The van der Waals surface area contributed by atoms with E-state index in [4.69, 9.17) is 4.74 Å². The highest BCUT2D eigenvalue weighted by molar-refractivity contribution is 5.91. The fourth-order valence-corrected chi connectivity index (χ4v) is 4.20. The maximum absolute atomic E-state index is 11.7. The Labute approximate surface area is 103 Å². The summed E-state index contributed by atoms with van der Waals surface area (Å²) in [6.45, 7) is 6.76. The molecule has 0 unspecified atom stereocenters. The quantitative estimate of drug-likeness (QED) is 0.600. The fourth-order valence-electron chi connectivity index (χ4n) is 4.20. The summed E-state index contributed by atoms with van der Waals surface area (Å²) in [5.41, 5.74) is 2.61. The summed E-state index contributed by atoms with van der Waals surface area (Å²) in [4.78, 5) is 11.7. The molecule has 0 bridgehead atoms. The van der Waals surface area contributed by atoms with E-state index in [0.29, 0.717) is 5.41 Å². The second-order valence-electron chi connectivity index (χ2n) is 6.49. The Morgan fingerprint density at radius 3 is 2.88 bits per heavy atom. The third kappa shape index (κ3) is 1.49. The highest BCUT2D eigenvalue weighted by atomic mass is 16.5. The van der Waals surface area contributed by atoms with Gasteiger partial charge in [-0.2, -0.15) is 0 Å². The Hall–Kier alpha value is -0.790. The molecule has 0 N–H and O–H groups in total. The zero-order valence-electron chi connectivity index (χ0n) is 11.1. The molecule has 94 valence electrons. The molecule has 2 saturated carbocycles. The van der Waals surface area contributed by atoms with E-state index in [2.05, 4.69) is 13.8 Å². The third-order valence-corrected chi connectivity index (χ3v) is 5.74.